The zero-order chi connectivity index (χ0) is 19.0. The number of carbonyl (C=O) groups excluding carboxylic acids is 1. The number of hydrogen-bond donors (Lipinski definition) is 2. The van der Waals surface area contributed by atoms with Gasteiger partial charge in [-0.3, -0.25) is 9.89 Å². The first-order chi connectivity index (χ1) is 13.0. The minimum Gasteiger partial charge on any atom is -0.304 e. The van der Waals surface area contributed by atoms with Gasteiger partial charge in [0.15, 0.2) is 11.5 Å². The van der Waals surface area contributed by atoms with Gasteiger partial charge in [0.25, 0.3) is 5.91 Å². The highest BCUT2D eigenvalue weighted by Gasteiger charge is 2.23. The predicted molar refractivity (Wildman–Crippen MR) is 103 cm³/mol. The van der Waals surface area contributed by atoms with E-state index in [4.69, 9.17) is 0 Å². The van der Waals surface area contributed by atoms with Crippen LogP contribution in [0.4, 0.5) is 5.82 Å². The van der Waals surface area contributed by atoms with Crippen molar-refractivity contribution in [3.63, 3.8) is 0 Å². The molecule has 0 bridgehead atoms. The van der Waals surface area contributed by atoms with Gasteiger partial charge in [0.2, 0.25) is 0 Å². The van der Waals surface area contributed by atoms with Crippen molar-refractivity contribution >= 4 is 11.7 Å². The van der Waals surface area contributed by atoms with Crippen molar-refractivity contribution in [3.8, 4) is 11.3 Å². The SMILES string of the molecule is Cc1cc(C)cc(-c2cc(NC(=O)c3cn(C4CCN(C)C4)nn3)n[nH]2)c1. The fourth-order valence-electron chi connectivity index (χ4n) is 3.53. The largest absolute Gasteiger partial charge is 0.304 e. The van der Waals surface area contributed by atoms with Crippen LogP contribution in [0.3, 0.4) is 0 Å². The monoisotopic (exact) mass is 365 g/mol. The summed E-state index contributed by atoms with van der Waals surface area (Å²) in [4.78, 5) is 14.7. The minimum atomic E-state index is -0.314. The van der Waals surface area contributed by atoms with Gasteiger partial charge in [-0.1, -0.05) is 22.4 Å². The van der Waals surface area contributed by atoms with Crippen molar-refractivity contribution in [2.45, 2.75) is 26.3 Å². The third-order valence-corrected chi connectivity index (χ3v) is 4.84. The molecule has 4 rings (SSSR count). The van der Waals surface area contributed by atoms with E-state index in [1.807, 2.05) is 6.07 Å². The van der Waals surface area contributed by atoms with Crippen molar-refractivity contribution in [1.82, 2.24) is 30.1 Å². The molecule has 1 unspecified atom stereocenters. The number of aryl methyl sites for hydroxylation is 2. The van der Waals surface area contributed by atoms with E-state index in [9.17, 15) is 4.79 Å². The Kier molecular flexibility index (Phi) is 4.49. The van der Waals surface area contributed by atoms with E-state index < -0.39 is 0 Å². The lowest BCUT2D eigenvalue weighted by molar-refractivity contribution is 0.102. The molecule has 1 fully saturated rings. The number of aromatic amines is 1. The summed E-state index contributed by atoms with van der Waals surface area (Å²) >= 11 is 0. The molecular weight excluding hydrogens is 342 g/mol. The first kappa shape index (κ1) is 17.4. The summed E-state index contributed by atoms with van der Waals surface area (Å²) in [5, 5.41) is 18.1. The molecule has 1 saturated heterocycles. The van der Waals surface area contributed by atoms with Crippen LogP contribution in [0.15, 0.2) is 30.5 Å². The second-order valence-corrected chi connectivity index (χ2v) is 7.29. The molecule has 140 valence electrons. The number of rotatable bonds is 4. The standard InChI is InChI=1S/C19H23N7O/c1-12-6-13(2)8-14(7-12)16-9-18(23-21-16)20-19(27)17-11-26(24-22-17)15-4-5-25(3)10-15/h6-9,11,15H,4-5,10H2,1-3H3,(H2,20,21,23,27). The Bertz CT molecular complexity index is 954. The molecule has 0 spiro atoms. The molecule has 1 aromatic carbocycles. The Labute approximate surface area is 157 Å². The van der Waals surface area contributed by atoms with Crippen LogP contribution >= 0.6 is 0 Å². The quantitative estimate of drug-likeness (QED) is 0.741. The highest BCUT2D eigenvalue weighted by atomic mass is 16.2. The van der Waals surface area contributed by atoms with Gasteiger partial charge in [-0.05, 0) is 46.0 Å². The van der Waals surface area contributed by atoms with E-state index in [2.05, 4.69) is 69.8 Å². The van der Waals surface area contributed by atoms with E-state index in [-0.39, 0.29) is 11.9 Å². The Morgan fingerprint density at radius 1 is 1.22 bits per heavy atom. The lowest BCUT2D eigenvalue weighted by Gasteiger charge is -2.09. The molecule has 8 nitrogen and oxygen atoms in total. The number of carbonyl (C=O) groups is 1. The first-order valence-corrected chi connectivity index (χ1v) is 9.04. The summed E-state index contributed by atoms with van der Waals surface area (Å²) in [6, 6.07) is 8.37. The van der Waals surface area contributed by atoms with Crippen LogP contribution in [0, 0.1) is 13.8 Å². The lowest BCUT2D eigenvalue weighted by atomic mass is 10.1. The maximum Gasteiger partial charge on any atom is 0.279 e. The van der Waals surface area contributed by atoms with Crippen LogP contribution in [-0.4, -0.2) is 56.1 Å². The van der Waals surface area contributed by atoms with Gasteiger partial charge < -0.3 is 10.2 Å². The molecule has 8 heteroatoms. The van der Waals surface area contributed by atoms with E-state index in [0.29, 0.717) is 11.5 Å². The Hall–Kier alpha value is -3.00. The van der Waals surface area contributed by atoms with Crippen molar-refractivity contribution in [3.05, 3.63) is 47.3 Å². The van der Waals surface area contributed by atoms with E-state index in [1.165, 1.54) is 11.1 Å². The van der Waals surface area contributed by atoms with Crippen molar-refractivity contribution in [1.29, 1.82) is 0 Å². The average Bonchev–Trinajstić information content (AvgIpc) is 3.33. The number of nitrogens with one attached hydrogen (secondary N) is 2. The van der Waals surface area contributed by atoms with E-state index in [1.54, 1.807) is 10.9 Å². The number of likely N-dealkylation sites (tertiary alicyclic amines) is 1. The summed E-state index contributed by atoms with van der Waals surface area (Å²) in [7, 11) is 2.08. The molecule has 2 N–H and O–H groups in total. The van der Waals surface area contributed by atoms with Gasteiger partial charge in [0.1, 0.15) is 0 Å². The maximum absolute atomic E-state index is 12.5. The van der Waals surface area contributed by atoms with Crippen molar-refractivity contribution in [2.75, 3.05) is 25.5 Å². The van der Waals surface area contributed by atoms with Gasteiger partial charge in [-0.2, -0.15) is 5.10 Å². The van der Waals surface area contributed by atoms with Gasteiger partial charge in [0.05, 0.1) is 17.9 Å². The normalized spacial score (nSPS) is 17.4. The van der Waals surface area contributed by atoms with Crippen molar-refractivity contribution in [2.24, 2.45) is 0 Å². The number of likely N-dealkylation sites (N-methyl/N-ethyl adjacent to an activating group) is 1. The molecule has 1 aliphatic rings. The number of nitrogens with zero attached hydrogens (tertiary/aromatic N) is 5. The van der Waals surface area contributed by atoms with E-state index in [0.717, 1.165) is 30.8 Å². The Morgan fingerprint density at radius 2 is 2.00 bits per heavy atom. The first-order valence-electron chi connectivity index (χ1n) is 9.04. The molecule has 27 heavy (non-hydrogen) atoms. The summed E-state index contributed by atoms with van der Waals surface area (Å²) < 4.78 is 1.78. The zero-order valence-electron chi connectivity index (χ0n) is 15.7. The molecule has 1 aliphatic heterocycles. The second-order valence-electron chi connectivity index (χ2n) is 7.29. The molecule has 1 atom stereocenters. The fourth-order valence-corrected chi connectivity index (χ4v) is 3.53. The van der Waals surface area contributed by atoms with Gasteiger partial charge in [0, 0.05) is 18.2 Å². The Balaban J connectivity index is 1.46. The lowest BCUT2D eigenvalue weighted by Crippen LogP contribution is -2.17. The van der Waals surface area contributed by atoms with Crippen LogP contribution in [0.25, 0.3) is 11.3 Å². The highest BCUT2D eigenvalue weighted by Crippen LogP contribution is 2.23. The van der Waals surface area contributed by atoms with Crippen molar-refractivity contribution < 1.29 is 4.79 Å². The highest BCUT2D eigenvalue weighted by molar-refractivity contribution is 6.02. The molecular formula is C19H23N7O. The molecule has 0 aliphatic carbocycles. The number of amides is 1. The smallest absolute Gasteiger partial charge is 0.279 e. The van der Waals surface area contributed by atoms with Crippen LogP contribution in [0.2, 0.25) is 0 Å². The zero-order valence-corrected chi connectivity index (χ0v) is 15.7. The predicted octanol–water partition coefficient (Wildman–Crippen LogP) is 2.41. The summed E-state index contributed by atoms with van der Waals surface area (Å²) in [5.74, 6) is 0.149. The third kappa shape index (κ3) is 3.75. The Morgan fingerprint density at radius 3 is 2.70 bits per heavy atom. The molecule has 0 saturated carbocycles. The molecule has 1 amide bonds. The summed E-state index contributed by atoms with van der Waals surface area (Å²) in [6.07, 6.45) is 2.72. The number of hydrogen-bond acceptors (Lipinski definition) is 5. The topological polar surface area (TPSA) is 91.7 Å². The fraction of sp³-hybridized carbons (Fsp3) is 0.368. The summed E-state index contributed by atoms with van der Waals surface area (Å²) in [5.41, 5.74) is 4.55. The van der Waals surface area contributed by atoms with Crippen LogP contribution in [0.1, 0.15) is 34.1 Å². The van der Waals surface area contributed by atoms with Crippen LogP contribution < -0.4 is 5.32 Å². The molecule has 0 radical (unpaired) electrons. The second kappa shape index (κ2) is 6.96. The molecule has 3 heterocycles. The van der Waals surface area contributed by atoms with Gasteiger partial charge >= 0.3 is 0 Å². The van der Waals surface area contributed by atoms with E-state index >= 15 is 0 Å². The number of benzene rings is 1. The number of H-pyrrole nitrogens is 1. The van der Waals surface area contributed by atoms with Gasteiger partial charge in [-0.25, -0.2) is 4.68 Å². The maximum atomic E-state index is 12.5. The number of aromatic nitrogens is 5. The molecule has 2 aromatic heterocycles. The molecule has 3 aromatic rings. The van der Waals surface area contributed by atoms with Gasteiger partial charge in [-0.15, -0.1) is 5.10 Å². The third-order valence-electron chi connectivity index (χ3n) is 4.84. The average molecular weight is 365 g/mol. The van der Waals surface area contributed by atoms with Crippen LogP contribution in [0.5, 0.6) is 0 Å². The summed E-state index contributed by atoms with van der Waals surface area (Å²) in [6.45, 7) is 6.06. The minimum absolute atomic E-state index is 0.269. The van der Waals surface area contributed by atoms with Crippen LogP contribution in [-0.2, 0) is 0 Å². The number of anilines is 1.